The number of halogens is 1. The fourth-order valence-electron chi connectivity index (χ4n) is 1.58. The molecule has 0 radical (unpaired) electrons. The molecule has 20 heavy (non-hydrogen) atoms. The summed E-state index contributed by atoms with van der Waals surface area (Å²) >= 11 is 5.82. The predicted molar refractivity (Wildman–Crippen MR) is 81.9 cm³/mol. The SMILES string of the molecule is CC(NC(=O)NCC(O)C(C)(C)C)c1ccc(Cl)cc1. The van der Waals surface area contributed by atoms with Crippen LogP contribution in [0.2, 0.25) is 5.02 Å². The van der Waals surface area contributed by atoms with Gasteiger partial charge in [0, 0.05) is 11.6 Å². The van der Waals surface area contributed by atoms with Gasteiger partial charge in [-0.25, -0.2) is 4.79 Å². The Kier molecular flexibility index (Phi) is 5.84. The molecule has 5 heteroatoms. The van der Waals surface area contributed by atoms with E-state index in [0.717, 1.165) is 5.56 Å². The van der Waals surface area contributed by atoms with Crippen molar-refractivity contribution in [3.8, 4) is 0 Å². The van der Waals surface area contributed by atoms with E-state index in [1.807, 2.05) is 39.8 Å². The van der Waals surface area contributed by atoms with Crippen LogP contribution in [0.4, 0.5) is 4.79 Å². The Labute approximate surface area is 125 Å². The molecule has 0 spiro atoms. The van der Waals surface area contributed by atoms with E-state index in [1.165, 1.54) is 0 Å². The fraction of sp³-hybridized carbons (Fsp3) is 0.533. The minimum absolute atomic E-state index is 0.126. The van der Waals surface area contributed by atoms with E-state index in [4.69, 9.17) is 11.6 Å². The van der Waals surface area contributed by atoms with Crippen molar-refractivity contribution < 1.29 is 9.90 Å². The second-order valence-corrected chi connectivity index (χ2v) is 6.45. The first-order chi connectivity index (χ1) is 9.20. The highest BCUT2D eigenvalue weighted by molar-refractivity contribution is 6.30. The van der Waals surface area contributed by atoms with Gasteiger partial charge in [-0.1, -0.05) is 44.5 Å². The highest BCUT2D eigenvalue weighted by atomic mass is 35.5. The predicted octanol–water partition coefficient (Wildman–Crippen LogP) is 3.11. The largest absolute Gasteiger partial charge is 0.391 e. The van der Waals surface area contributed by atoms with E-state index in [1.54, 1.807) is 12.1 Å². The zero-order chi connectivity index (χ0) is 15.3. The Morgan fingerprint density at radius 2 is 1.85 bits per heavy atom. The Bertz CT molecular complexity index is 440. The number of urea groups is 1. The summed E-state index contributed by atoms with van der Waals surface area (Å²) in [5.41, 5.74) is 0.718. The molecule has 0 aliphatic carbocycles. The van der Waals surface area contributed by atoms with E-state index in [-0.39, 0.29) is 24.0 Å². The van der Waals surface area contributed by atoms with Gasteiger partial charge in [-0.05, 0) is 30.0 Å². The van der Waals surface area contributed by atoms with Crippen molar-refractivity contribution in [2.75, 3.05) is 6.54 Å². The van der Waals surface area contributed by atoms with E-state index >= 15 is 0 Å². The Hall–Kier alpha value is -1.26. The van der Waals surface area contributed by atoms with E-state index < -0.39 is 6.10 Å². The summed E-state index contributed by atoms with van der Waals surface area (Å²) in [5.74, 6) is 0. The number of carbonyl (C=O) groups excluding carboxylic acids is 1. The van der Waals surface area contributed by atoms with Gasteiger partial charge in [0.15, 0.2) is 0 Å². The third-order valence-electron chi connectivity index (χ3n) is 3.17. The second-order valence-electron chi connectivity index (χ2n) is 6.01. The standard InChI is InChI=1S/C15H23ClN2O2/c1-10(11-5-7-12(16)8-6-11)18-14(20)17-9-13(19)15(2,3)4/h5-8,10,13,19H,9H2,1-4H3,(H2,17,18,20). The Morgan fingerprint density at radius 3 is 2.35 bits per heavy atom. The summed E-state index contributed by atoms with van der Waals surface area (Å²) < 4.78 is 0. The minimum atomic E-state index is -0.584. The Morgan fingerprint density at radius 1 is 1.30 bits per heavy atom. The molecular weight excluding hydrogens is 276 g/mol. The molecule has 0 saturated carbocycles. The highest BCUT2D eigenvalue weighted by Crippen LogP contribution is 2.18. The lowest BCUT2D eigenvalue weighted by atomic mass is 9.89. The molecule has 4 nitrogen and oxygen atoms in total. The maximum atomic E-state index is 11.8. The second kappa shape index (κ2) is 6.95. The number of nitrogens with one attached hydrogen (secondary N) is 2. The average molecular weight is 299 g/mol. The first-order valence-electron chi connectivity index (χ1n) is 6.68. The van der Waals surface area contributed by atoms with Gasteiger partial charge >= 0.3 is 6.03 Å². The first-order valence-corrected chi connectivity index (χ1v) is 7.06. The van der Waals surface area contributed by atoms with Gasteiger partial charge in [0.1, 0.15) is 0 Å². The molecule has 2 atom stereocenters. The van der Waals surface area contributed by atoms with Crippen molar-refractivity contribution in [1.82, 2.24) is 10.6 Å². The smallest absolute Gasteiger partial charge is 0.315 e. The molecule has 1 aromatic carbocycles. The molecule has 0 bridgehead atoms. The molecule has 1 aromatic rings. The minimum Gasteiger partial charge on any atom is -0.391 e. The molecule has 112 valence electrons. The zero-order valence-electron chi connectivity index (χ0n) is 12.4. The maximum Gasteiger partial charge on any atom is 0.315 e. The molecule has 2 unspecified atom stereocenters. The normalized spacial score (nSPS) is 14.5. The third-order valence-corrected chi connectivity index (χ3v) is 3.43. The van der Waals surface area contributed by atoms with Gasteiger partial charge in [0.2, 0.25) is 0 Å². The van der Waals surface area contributed by atoms with Gasteiger partial charge in [-0.15, -0.1) is 0 Å². The summed E-state index contributed by atoms with van der Waals surface area (Å²) in [4.78, 5) is 11.8. The van der Waals surface area contributed by atoms with Crippen LogP contribution in [-0.2, 0) is 0 Å². The summed E-state index contributed by atoms with van der Waals surface area (Å²) in [5, 5.41) is 16.0. The van der Waals surface area contributed by atoms with Crippen molar-refractivity contribution in [3.05, 3.63) is 34.9 Å². The molecule has 0 saturated heterocycles. The zero-order valence-corrected chi connectivity index (χ0v) is 13.2. The van der Waals surface area contributed by atoms with Gasteiger partial charge in [-0.3, -0.25) is 0 Å². The number of benzene rings is 1. The summed E-state index contributed by atoms with van der Waals surface area (Å²) in [6.07, 6.45) is -0.584. The molecule has 1 rings (SSSR count). The van der Waals surface area contributed by atoms with Crippen LogP contribution in [0.15, 0.2) is 24.3 Å². The van der Waals surface area contributed by atoms with Gasteiger partial charge < -0.3 is 15.7 Å². The summed E-state index contributed by atoms with van der Waals surface area (Å²) in [6.45, 7) is 7.89. The van der Waals surface area contributed by atoms with E-state index in [2.05, 4.69) is 10.6 Å². The van der Waals surface area contributed by atoms with E-state index in [9.17, 15) is 9.90 Å². The van der Waals surface area contributed by atoms with Crippen LogP contribution in [0.25, 0.3) is 0 Å². The lowest BCUT2D eigenvalue weighted by Crippen LogP contribution is -2.44. The number of amides is 2. The van der Waals surface area contributed by atoms with Crippen LogP contribution >= 0.6 is 11.6 Å². The van der Waals surface area contributed by atoms with Crippen molar-refractivity contribution >= 4 is 17.6 Å². The van der Waals surface area contributed by atoms with Crippen molar-refractivity contribution in [3.63, 3.8) is 0 Å². The first kappa shape index (κ1) is 16.8. The average Bonchev–Trinajstić information content (AvgIpc) is 2.35. The van der Waals surface area contributed by atoms with Crippen molar-refractivity contribution in [1.29, 1.82) is 0 Å². The molecule has 0 aliphatic rings. The fourth-order valence-corrected chi connectivity index (χ4v) is 1.70. The quantitative estimate of drug-likeness (QED) is 0.800. The van der Waals surface area contributed by atoms with Crippen LogP contribution in [0, 0.1) is 5.41 Å². The monoisotopic (exact) mass is 298 g/mol. The number of aliphatic hydroxyl groups is 1. The van der Waals surface area contributed by atoms with Crippen molar-refractivity contribution in [2.45, 2.75) is 39.8 Å². The highest BCUT2D eigenvalue weighted by Gasteiger charge is 2.22. The molecular formula is C15H23ClN2O2. The lowest BCUT2D eigenvalue weighted by molar-refractivity contribution is 0.0649. The number of hydrogen-bond acceptors (Lipinski definition) is 2. The molecule has 2 amide bonds. The number of rotatable bonds is 4. The third kappa shape index (κ3) is 5.39. The van der Waals surface area contributed by atoms with Crippen molar-refractivity contribution in [2.24, 2.45) is 5.41 Å². The lowest BCUT2D eigenvalue weighted by Gasteiger charge is -2.26. The molecule has 0 aromatic heterocycles. The molecule has 0 fully saturated rings. The van der Waals surface area contributed by atoms with Crippen LogP contribution < -0.4 is 10.6 Å². The maximum absolute atomic E-state index is 11.8. The molecule has 0 heterocycles. The van der Waals surface area contributed by atoms with Crippen LogP contribution in [0.3, 0.4) is 0 Å². The Balaban J connectivity index is 2.44. The van der Waals surface area contributed by atoms with Crippen LogP contribution in [-0.4, -0.2) is 23.8 Å². The van der Waals surface area contributed by atoms with Crippen LogP contribution in [0.1, 0.15) is 39.3 Å². The molecule has 3 N–H and O–H groups in total. The topological polar surface area (TPSA) is 61.4 Å². The number of carbonyl (C=O) groups is 1. The number of hydrogen-bond donors (Lipinski definition) is 3. The summed E-state index contributed by atoms with van der Waals surface area (Å²) in [6, 6.07) is 6.90. The van der Waals surface area contributed by atoms with Gasteiger partial charge in [0.05, 0.1) is 12.1 Å². The van der Waals surface area contributed by atoms with Gasteiger partial charge in [0.25, 0.3) is 0 Å². The summed E-state index contributed by atoms with van der Waals surface area (Å²) in [7, 11) is 0. The molecule has 0 aliphatic heterocycles. The van der Waals surface area contributed by atoms with Crippen LogP contribution in [0.5, 0.6) is 0 Å². The van der Waals surface area contributed by atoms with Gasteiger partial charge in [-0.2, -0.15) is 0 Å². The van der Waals surface area contributed by atoms with E-state index in [0.29, 0.717) is 5.02 Å². The number of aliphatic hydroxyl groups excluding tert-OH is 1.